The van der Waals surface area contributed by atoms with Crippen LogP contribution in [0.5, 0.6) is 69.0 Å². The van der Waals surface area contributed by atoms with E-state index in [0.29, 0.717) is 130 Å². The van der Waals surface area contributed by atoms with Crippen molar-refractivity contribution in [3.8, 4) is 114 Å². The number of methoxy groups -OCH3 is 2. The molecule has 4 N–H and O–H groups in total. The smallest absolute Gasteiger partial charge is 0.335 e. The average molecular weight is 1970 g/mol. The lowest BCUT2D eigenvalue weighted by molar-refractivity contribution is -0.139. The third-order valence-electron chi connectivity index (χ3n) is 26.7. The number of nitrogens with one attached hydrogen (secondary N) is 4. The predicted octanol–water partition coefficient (Wildman–Crippen LogP) is 18.5. The number of carbonyl (C=O) groups is 10. The maximum atomic E-state index is 17.4. The maximum absolute atomic E-state index is 17.4. The van der Waals surface area contributed by atoms with Gasteiger partial charge in [-0.05, 0) is 201 Å². The first-order valence-electron chi connectivity index (χ1n) is 48.1. The number of hydrogen-bond donors (Lipinski definition) is 4. The van der Waals surface area contributed by atoms with Gasteiger partial charge in [-0.15, -0.1) is 0 Å². The highest BCUT2D eigenvalue weighted by atomic mass is 16.6. The molecule has 6 aliphatic heterocycles. The maximum Gasteiger partial charge on any atom is 0.335 e. The van der Waals surface area contributed by atoms with Gasteiger partial charge in [0.1, 0.15) is 58.1 Å². The SMILES string of the molecule is COc1ccccc1OC(=O)C(Cc1ccncc1)N1C(=O)c2cc(Oc3cccc(-c4cccc(C(=O)NCC5CO5)c4)c3)c3c4c(Oc5cccc(-c6cccc(C(=O)NCC7CO7)c6)c5)cc5c6c(cc(Oc7cccc(-c8cccc(C(=O)NCC9CO9)c8)c7)c(c7c(Oc8cccc(-c9cccc(C(=O)NCC%10CO%10)c9)c8)cc(c2c37)C1=O)c64)C(=O)N(C(Cc1ccccc1)C(=O)Oc1ccncc1OC)C5=O. The van der Waals surface area contributed by atoms with Crippen LogP contribution in [-0.4, -0.2) is 182 Å². The summed E-state index contributed by atoms with van der Waals surface area (Å²) < 4.78 is 76.5. The van der Waals surface area contributed by atoms with Crippen LogP contribution in [0.15, 0.2) is 316 Å². The van der Waals surface area contributed by atoms with Crippen molar-refractivity contribution < 1.29 is 105 Å². The third kappa shape index (κ3) is 19.1. The normalized spacial score (nSPS) is 16.0. The lowest BCUT2D eigenvalue weighted by atomic mass is 9.80. The average Bonchev–Trinajstić information content (AvgIpc) is 0.938. The van der Waals surface area contributed by atoms with Crippen molar-refractivity contribution in [1.82, 2.24) is 41.0 Å². The molecule has 23 rings (SSSR count). The molecule has 0 radical (unpaired) electrons. The minimum atomic E-state index is -1.81. The van der Waals surface area contributed by atoms with Gasteiger partial charge in [-0.3, -0.25) is 58.1 Å². The number of rotatable bonds is 36. The van der Waals surface area contributed by atoms with Gasteiger partial charge in [-0.2, -0.15) is 0 Å². The molecule has 4 fully saturated rings. The zero-order valence-corrected chi connectivity index (χ0v) is 79.3. The quantitative estimate of drug-likeness (QED) is 0.00707. The number of hydrogen-bond acceptors (Lipinski definition) is 24. The van der Waals surface area contributed by atoms with Crippen LogP contribution < -0.4 is 59.2 Å². The van der Waals surface area contributed by atoms with Crippen LogP contribution in [0.2, 0.25) is 0 Å². The van der Waals surface area contributed by atoms with Crippen LogP contribution in [0.3, 0.4) is 0 Å². The Hall–Kier alpha value is -18.4. The second-order valence-electron chi connectivity index (χ2n) is 36.5. The molecular weight excluding hydrogens is 1880 g/mol. The zero-order valence-electron chi connectivity index (χ0n) is 79.3. The fraction of sp³-hybridized carbons (Fsp3) is 0.153. The molecule has 0 saturated carbocycles. The molecule has 30 nitrogen and oxygen atoms in total. The number of imide groups is 2. The Morgan fingerprint density at radius 1 is 0.297 bits per heavy atom. The molecule has 0 bridgehead atoms. The van der Waals surface area contributed by atoms with E-state index in [1.54, 1.807) is 206 Å². The summed E-state index contributed by atoms with van der Waals surface area (Å²) in [6.07, 6.45) is 4.62. The van der Waals surface area contributed by atoms with Gasteiger partial charge in [-0.25, -0.2) is 9.59 Å². The van der Waals surface area contributed by atoms with E-state index < -0.39 is 47.7 Å². The van der Waals surface area contributed by atoms with Gasteiger partial charge < -0.3 is 78.1 Å². The molecule has 30 heteroatoms. The van der Waals surface area contributed by atoms with Crippen LogP contribution in [0.25, 0.3) is 87.6 Å². The van der Waals surface area contributed by atoms with E-state index in [0.717, 1.165) is 9.80 Å². The highest BCUT2D eigenvalue weighted by Gasteiger charge is 2.48. The third-order valence-corrected chi connectivity index (χ3v) is 26.7. The van der Waals surface area contributed by atoms with Crippen molar-refractivity contribution in [3.05, 3.63) is 372 Å². The van der Waals surface area contributed by atoms with Gasteiger partial charge in [-0.1, -0.05) is 140 Å². The molecule has 6 unspecified atom stereocenters. The Kier molecular flexibility index (Phi) is 25.1. The molecule has 8 heterocycles. The molecule has 17 aromatic rings. The van der Waals surface area contributed by atoms with Crippen LogP contribution >= 0.6 is 0 Å². The minimum Gasteiger partial charge on any atom is -0.493 e. The second-order valence-corrected chi connectivity index (χ2v) is 36.5. The summed E-state index contributed by atoms with van der Waals surface area (Å²) in [6, 6.07) is 78.0. The van der Waals surface area contributed by atoms with Crippen molar-refractivity contribution in [1.29, 1.82) is 0 Å². The van der Waals surface area contributed by atoms with E-state index in [1.807, 2.05) is 48.5 Å². The first-order valence-corrected chi connectivity index (χ1v) is 48.1. The first-order chi connectivity index (χ1) is 72.3. The summed E-state index contributed by atoms with van der Waals surface area (Å²) in [4.78, 5) is 168. The fourth-order valence-electron chi connectivity index (χ4n) is 19.0. The van der Waals surface area contributed by atoms with Gasteiger partial charge >= 0.3 is 11.9 Å². The van der Waals surface area contributed by atoms with Crippen molar-refractivity contribution in [3.63, 3.8) is 0 Å². The Balaban J connectivity index is 0.825. The van der Waals surface area contributed by atoms with Crippen LogP contribution in [0.4, 0.5) is 0 Å². The van der Waals surface area contributed by atoms with E-state index in [9.17, 15) is 19.2 Å². The fourth-order valence-corrected chi connectivity index (χ4v) is 19.0. The molecule has 148 heavy (non-hydrogen) atoms. The Bertz CT molecular complexity index is 7450. The van der Waals surface area contributed by atoms with E-state index >= 15 is 28.8 Å². The van der Waals surface area contributed by atoms with Crippen molar-refractivity contribution in [2.45, 2.75) is 49.3 Å². The van der Waals surface area contributed by atoms with Crippen molar-refractivity contribution >= 4 is 102 Å². The highest BCUT2D eigenvalue weighted by molar-refractivity contribution is 6.45. The van der Waals surface area contributed by atoms with E-state index in [-0.39, 0.29) is 195 Å². The van der Waals surface area contributed by atoms with Crippen LogP contribution in [0.1, 0.15) is 94.0 Å². The van der Waals surface area contributed by atoms with Gasteiger partial charge in [0.2, 0.25) is 0 Å². The number of carbonyl (C=O) groups excluding carboxylic acids is 10. The van der Waals surface area contributed by atoms with Crippen LogP contribution in [0, 0.1) is 0 Å². The predicted molar refractivity (Wildman–Crippen MR) is 545 cm³/mol. The van der Waals surface area contributed by atoms with E-state index in [4.69, 9.17) is 56.8 Å². The molecule has 6 atom stereocenters. The number of para-hydroxylation sites is 2. The summed E-state index contributed by atoms with van der Waals surface area (Å²) in [7, 11) is 2.77. The molecule has 4 saturated heterocycles. The number of pyridine rings is 2. The summed E-state index contributed by atoms with van der Waals surface area (Å²) in [5, 5.41) is 12.0. The summed E-state index contributed by atoms with van der Waals surface area (Å²) >= 11 is 0. The lowest BCUT2D eigenvalue weighted by Crippen LogP contribution is -2.53. The molecule has 2 aromatic heterocycles. The van der Waals surface area contributed by atoms with E-state index in [2.05, 4.69) is 31.2 Å². The number of esters is 2. The Labute approximate surface area is 844 Å². The standard InChI is InChI=1S/C118H88N8O22/c1-137-93-34-6-7-35-94(93)147-117(135)92(43-66-36-39-119-40-37-66)126-115(133)89-54-98(145-81-32-14-24-73(50-81)69-20-10-28-77(46-69)111(129)123-58-85-63-141-85)105-103-96(143-79-30-12-22-71(48-79)67-18-8-26-75(44-67)109(127)121-56-83-61-139-83)52-87-101-88(114(132)125(113(87)131)91(42-65-16-4-3-5-17-65)118(136)148-95-38-41-120-60-100(95)138-2)53-97(144-80-31-13-23-72(49-80)68-19-9-27-76(45-68)110(128)122-57-84-62-140-84)104(107(101)103)106-99(55-90(116(126)134)102(89)108(105)106)146-82-33-15-25-74(51-82)70-21-11-29-78(47-70)112(130)124-59-86-64-142-86/h3-41,44-55,60,83-86,91-92H,42-43,56-59,61-64H2,1-2H3,(H,121,127)(H,122,128)(H,123,129)(H,124,130). The number of benzene rings is 15. The Morgan fingerprint density at radius 3 is 0.899 bits per heavy atom. The minimum absolute atomic E-state index is 0.0355. The topological polar surface area (TPSA) is 375 Å². The van der Waals surface area contributed by atoms with Gasteiger partial charge in [0, 0.05) is 129 Å². The number of nitrogens with zero attached hydrogens (tertiary/aromatic N) is 4. The van der Waals surface area contributed by atoms with E-state index in [1.165, 1.54) is 75.4 Å². The van der Waals surface area contributed by atoms with Crippen molar-refractivity contribution in [2.24, 2.45) is 0 Å². The van der Waals surface area contributed by atoms with Crippen LogP contribution in [-0.2, 0) is 41.4 Å². The molecule has 732 valence electrons. The van der Waals surface area contributed by atoms with Gasteiger partial charge in [0.15, 0.2) is 23.0 Å². The molecular formula is C118H88N8O22. The molecule has 0 spiro atoms. The number of ether oxygens (including phenoxy) is 12. The summed E-state index contributed by atoms with van der Waals surface area (Å²) in [5.74, 6) is -7.73. The Morgan fingerprint density at radius 2 is 0.581 bits per heavy atom. The molecule has 6 aliphatic rings. The number of amides is 8. The monoisotopic (exact) mass is 1970 g/mol. The first kappa shape index (κ1) is 93.3. The van der Waals surface area contributed by atoms with Gasteiger partial charge in [0.25, 0.3) is 47.3 Å². The van der Waals surface area contributed by atoms with Gasteiger partial charge in [0.05, 0.1) is 93.5 Å². The molecule has 8 amide bonds. The summed E-state index contributed by atoms with van der Waals surface area (Å²) in [5.41, 5.74) is 5.89. The second kappa shape index (κ2) is 39.7. The highest BCUT2D eigenvalue weighted by Crippen LogP contribution is 2.59. The largest absolute Gasteiger partial charge is 0.493 e. The zero-order chi connectivity index (χ0) is 101. The number of aromatic nitrogens is 2. The molecule has 15 aromatic carbocycles. The number of epoxide rings is 4. The number of fused-ring (bicyclic) bond motifs is 2. The molecule has 0 aliphatic carbocycles. The van der Waals surface area contributed by atoms with Crippen molar-refractivity contribution in [2.75, 3.05) is 66.8 Å². The summed E-state index contributed by atoms with van der Waals surface area (Å²) in [6.45, 7) is 3.22. The lowest BCUT2D eigenvalue weighted by Gasteiger charge is -2.35.